The van der Waals surface area contributed by atoms with Gasteiger partial charge in [-0.1, -0.05) is 11.6 Å². The van der Waals surface area contributed by atoms with Crippen LogP contribution in [0.25, 0.3) is 0 Å². The van der Waals surface area contributed by atoms with E-state index in [-0.39, 0.29) is 12.2 Å². The summed E-state index contributed by atoms with van der Waals surface area (Å²) in [5.74, 6) is 0. The molecule has 1 aliphatic rings. The highest BCUT2D eigenvalue weighted by atomic mass is 35.5. The molecule has 1 aromatic heterocycles. The first-order chi connectivity index (χ1) is 7.89. The Morgan fingerprint density at radius 2 is 1.94 bits per heavy atom. The van der Waals surface area contributed by atoms with Crippen molar-refractivity contribution in [2.75, 3.05) is 13.1 Å². The van der Waals surface area contributed by atoms with Gasteiger partial charge >= 0.3 is 0 Å². The highest BCUT2D eigenvalue weighted by Gasteiger charge is 2.32. The monoisotopic (exact) mass is 295 g/mol. The van der Waals surface area contributed by atoms with E-state index in [4.69, 9.17) is 16.3 Å². The van der Waals surface area contributed by atoms with Crippen LogP contribution in [0.2, 0.25) is 4.34 Å². The van der Waals surface area contributed by atoms with Crippen molar-refractivity contribution >= 4 is 33.0 Å². The van der Waals surface area contributed by atoms with Crippen molar-refractivity contribution in [1.82, 2.24) is 4.31 Å². The van der Waals surface area contributed by atoms with Crippen molar-refractivity contribution in [3.63, 3.8) is 0 Å². The molecule has 0 bridgehead atoms. The first kappa shape index (κ1) is 13.3. The van der Waals surface area contributed by atoms with Crippen molar-refractivity contribution < 1.29 is 13.2 Å². The van der Waals surface area contributed by atoms with E-state index >= 15 is 0 Å². The van der Waals surface area contributed by atoms with Gasteiger partial charge in [-0.3, -0.25) is 0 Å². The highest BCUT2D eigenvalue weighted by molar-refractivity contribution is 7.91. The number of rotatable bonds is 2. The third-order valence-corrected chi connectivity index (χ3v) is 6.06. The third kappa shape index (κ3) is 2.82. The number of halogens is 1. The molecule has 0 amide bonds. The van der Waals surface area contributed by atoms with Gasteiger partial charge < -0.3 is 4.74 Å². The molecule has 0 aliphatic carbocycles. The zero-order chi connectivity index (χ0) is 12.6. The summed E-state index contributed by atoms with van der Waals surface area (Å²) < 4.78 is 32.4. The maximum atomic E-state index is 12.3. The third-order valence-electron chi connectivity index (χ3n) is 2.53. The van der Waals surface area contributed by atoms with Crippen LogP contribution in [0.1, 0.15) is 13.8 Å². The van der Waals surface area contributed by atoms with Crippen LogP contribution in [0, 0.1) is 0 Å². The van der Waals surface area contributed by atoms with Gasteiger partial charge in [0.2, 0.25) is 0 Å². The molecule has 7 heteroatoms. The van der Waals surface area contributed by atoms with Crippen LogP contribution in [0.3, 0.4) is 0 Å². The van der Waals surface area contributed by atoms with Crippen LogP contribution in [0.5, 0.6) is 0 Å². The molecule has 2 rings (SSSR count). The largest absolute Gasteiger partial charge is 0.373 e. The normalized spacial score (nSPS) is 27.2. The molecular formula is C10H14ClNO3S2. The van der Waals surface area contributed by atoms with E-state index in [1.54, 1.807) is 12.1 Å². The van der Waals surface area contributed by atoms with E-state index in [2.05, 4.69) is 0 Å². The molecule has 17 heavy (non-hydrogen) atoms. The molecule has 2 atom stereocenters. The lowest BCUT2D eigenvalue weighted by Crippen LogP contribution is -2.47. The quantitative estimate of drug-likeness (QED) is 0.840. The molecule has 0 aromatic carbocycles. The molecule has 1 aliphatic heterocycles. The van der Waals surface area contributed by atoms with Crippen LogP contribution in [-0.4, -0.2) is 38.0 Å². The Kier molecular flexibility index (Phi) is 3.80. The second-order valence-electron chi connectivity index (χ2n) is 4.14. The van der Waals surface area contributed by atoms with Crippen LogP contribution in [0.15, 0.2) is 16.3 Å². The Hall–Kier alpha value is -0.140. The summed E-state index contributed by atoms with van der Waals surface area (Å²) in [6.07, 6.45) is -0.159. The minimum absolute atomic E-state index is 0.0797. The van der Waals surface area contributed by atoms with Gasteiger partial charge in [-0.05, 0) is 26.0 Å². The molecule has 1 aromatic rings. The van der Waals surface area contributed by atoms with Crippen LogP contribution < -0.4 is 0 Å². The Morgan fingerprint density at radius 3 is 2.41 bits per heavy atom. The lowest BCUT2D eigenvalue weighted by Gasteiger charge is -2.34. The smallest absolute Gasteiger partial charge is 0.252 e. The van der Waals surface area contributed by atoms with Crippen molar-refractivity contribution in [2.45, 2.75) is 30.3 Å². The van der Waals surface area contributed by atoms with Gasteiger partial charge in [0.05, 0.1) is 16.5 Å². The summed E-state index contributed by atoms with van der Waals surface area (Å²) in [7, 11) is -3.42. The van der Waals surface area contributed by atoms with Crippen molar-refractivity contribution in [3.8, 4) is 0 Å². The minimum Gasteiger partial charge on any atom is -0.373 e. The number of hydrogen-bond acceptors (Lipinski definition) is 4. The SMILES string of the molecule is C[C@@H]1CN(S(=O)(=O)c2ccc(Cl)s2)C[C@@H](C)O1. The second kappa shape index (κ2) is 4.85. The standard InChI is InChI=1S/C10H14ClNO3S2/c1-7-5-12(6-8(2)15-7)17(13,14)10-4-3-9(11)16-10/h3-4,7-8H,5-6H2,1-2H3/t7-,8-/m1/s1. The molecule has 2 heterocycles. The maximum absolute atomic E-state index is 12.3. The second-order valence-corrected chi connectivity index (χ2v) is 8.02. The molecule has 4 nitrogen and oxygen atoms in total. The Morgan fingerprint density at radius 1 is 1.35 bits per heavy atom. The number of sulfonamides is 1. The molecule has 1 saturated heterocycles. The van der Waals surface area contributed by atoms with Gasteiger partial charge in [-0.2, -0.15) is 4.31 Å². The molecule has 96 valence electrons. The average Bonchev–Trinajstić information content (AvgIpc) is 2.64. The van der Waals surface area contributed by atoms with E-state index < -0.39 is 10.0 Å². The number of morpholine rings is 1. The number of ether oxygens (including phenoxy) is 1. The molecule has 0 unspecified atom stereocenters. The maximum Gasteiger partial charge on any atom is 0.252 e. The lowest BCUT2D eigenvalue weighted by atomic mass is 10.3. The van der Waals surface area contributed by atoms with E-state index in [0.29, 0.717) is 21.6 Å². The Balaban J connectivity index is 2.26. The fraction of sp³-hybridized carbons (Fsp3) is 0.600. The van der Waals surface area contributed by atoms with Gasteiger partial charge in [0.1, 0.15) is 4.21 Å². The topological polar surface area (TPSA) is 46.6 Å². The van der Waals surface area contributed by atoms with Crippen molar-refractivity contribution in [1.29, 1.82) is 0 Å². The highest BCUT2D eigenvalue weighted by Crippen LogP contribution is 2.29. The summed E-state index contributed by atoms with van der Waals surface area (Å²) in [6.45, 7) is 4.53. The average molecular weight is 296 g/mol. The first-order valence-electron chi connectivity index (χ1n) is 5.30. The van der Waals surface area contributed by atoms with E-state index in [1.165, 1.54) is 4.31 Å². The van der Waals surface area contributed by atoms with Crippen LogP contribution in [0.4, 0.5) is 0 Å². The number of thiophene rings is 1. The van der Waals surface area contributed by atoms with Gasteiger partial charge in [0, 0.05) is 13.1 Å². The fourth-order valence-corrected chi connectivity index (χ4v) is 5.12. The summed E-state index contributed by atoms with van der Waals surface area (Å²) in [5, 5.41) is 0. The first-order valence-corrected chi connectivity index (χ1v) is 7.94. The van der Waals surface area contributed by atoms with E-state index in [9.17, 15) is 8.42 Å². The Bertz CT molecular complexity index is 489. The summed E-state index contributed by atoms with van der Waals surface area (Å²) in [4.78, 5) is 0. The van der Waals surface area contributed by atoms with Crippen molar-refractivity contribution in [2.24, 2.45) is 0 Å². The molecular weight excluding hydrogens is 282 g/mol. The minimum atomic E-state index is -3.42. The van der Waals surface area contributed by atoms with Crippen molar-refractivity contribution in [3.05, 3.63) is 16.5 Å². The Labute approximate surface area is 110 Å². The van der Waals surface area contributed by atoms with Crippen LogP contribution >= 0.6 is 22.9 Å². The molecule has 1 fully saturated rings. The van der Waals surface area contributed by atoms with Crippen LogP contribution in [-0.2, 0) is 14.8 Å². The lowest BCUT2D eigenvalue weighted by molar-refractivity contribution is -0.0440. The zero-order valence-corrected chi connectivity index (χ0v) is 12.0. The van der Waals surface area contributed by atoms with Gasteiger partial charge in [-0.15, -0.1) is 11.3 Å². The number of nitrogens with zero attached hydrogens (tertiary/aromatic N) is 1. The summed E-state index contributed by atoms with van der Waals surface area (Å²) >= 11 is 6.86. The van der Waals surface area contributed by atoms with E-state index in [1.807, 2.05) is 13.8 Å². The predicted molar refractivity (Wildman–Crippen MR) is 68.1 cm³/mol. The summed E-state index contributed by atoms with van der Waals surface area (Å²) in [5.41, 5.74) is 0. The molecule has 0 radical (unpaired) electrons. The van der Waals surface area contributed by atoms with Gasteiger partial charge in [0.25, 0.3) is 10.0 Å². The van der Waals surface area contributed by atoms with Gasteiger partial charge in [0.15, 0.2) is 0 Å². The van der Waals surface area contributed by atoms with E-state index in [0.717, 1.165) is 11.3 Å². The summed E-state index contributed by atoms with van der Waals surface area (Å²) in [6, 6.07) is 3.15. The number of hydrogen-bond donors (Lipinski definition) is 0. The molecule has 0 N–H and O–H groups in total. The predicted octanol–water partition coefficient (Wildman–Crippen LogP) is 2.20. The molecule has 0 saturated carbocycles. The van der Waals surface area contributed by atoms with Gasteiger partial charge in [-0.25, -0.2) is 8.42 Å². The fourth-order valence-electron chi connectivity index (χ4n) is 1.89. The molecule has 0 spiro atoms. The zero-order valence-electron chi connectivity index (χ0n) is 9.59.